The average Bonchev–Trinajstić information content (AvgIpc) is 3.89. The third-order valence-electron chi connectivity index (χ3n) is 8.38. The van der Waals surface area contributed by atoms with Gasteiger partial charge in [0, 0.05) is 28.1 Å². The number of nitrogens with one attached hydrogen (secondary N) is 2. The Labute approximate surface area is 301 Å². The minimum atomic E-state index is -0.665. The molecule has 3 heterocycles. The standard InChI is InChI=1S/C40H28N4O7S/c45-36-22-35(40(48)44(36)28-16-14-26(15-17-28)39-43-30-11-4-5-12-32(30)51-39)52-29-10-6-9-27(21-29)41-38(47)31(42-37(46)25-7-2-1-3-8-25)19-24-13-18-33-34(20-24)50-23-49-33/h1-21,35H,22-23H2,(H,41,47)(H,42,46)/b31-19-/t35-/m1/s1. The number of carbonyl (C=O) groups excluding carboxylic acids is 4. The minimum absolute atomic E-state index is 0.0000977. The number of fused-ring (bicyclic) bond motifs is 2. The molecule has 8 rings (SSSR count). The van der Waals surface area contributed by atoms with Crippen molar-refractivity contribution in [3.8, 4) is 23.0 Å². The summed E-state index contributed by atoms with van der Waals surface area (Å²) in [6, 6.07) is 35.1. The van der Waals surface area contributed by atoms with Crippen LogP contribution in [0.25, 0.3) is 28.6 Å². The molecule has 1 fully saturated rings. The molecule has 0 saturated carbocycles. The van der Waals surface area contributed by atoms with Crippen LogP contribution in [0, 0.1) is 0 Å². The fourth-order valence-corrected chi connectivity index (χ4v) is 6.95. The number of benzene rings is 5. The van der Waals surface area contributed by atoms with Gasteiger partial charge in [-0.15, -0.1) is 11.8 Å². The Bertz CT molecular complexity index is 2360. The topological polar surface area (TPSA) is 140 Å². The van der Waals surface area contributed by atoms with E-state index in [0.717, 1.165) is 11.1 Å². The van der Waals surface area contributed by atoms with Crippen LogP contribution in [0.4, 0.5) is 11.4 Å². The molecule has 2 aliphatic heterocycles. The summed E-state index contributed by atoms with van der Waals surface area (Å²) in [5.74, 6) is -0.105. The summed E-state index contributed by atoms with van der Waals surface area (Å²) < 4.78 is 16.7. The number of hydrogen-bond donors (Lipinski definition) is 2. The second-order valence-corrected chi connectivity index (χ2v) is 13.2. The number of ether oxygens (including phenoxy) is 2. The van der Waals surface area contributed by atoms with Gasteiger partial charge in [-0.25, -0.2) is 9.88 Å². The lowest BCUT2D eigenvalue weighted by molar-refractivity contribution is -0.121. The summed E-state index contributed by atoms with van der Waals surface area (Å²) in [5, 5.41) is 4.92. The van der Waals surface area contributed by atoms with E-state index in [4.69, 9.17) is 13.9 Å². The Hall–Kier alpha value is -6.66. The molecule has 0 bridgehead atoms. The van der Waals surface area contributed by atoms with Gasteiger partial charge in [0.1, 0.15) is 11.2 Å². The summed E-state index contributed by atoms with van der Waals surface area (Å²) >= 11 is 1.24. The number of imide groups is 1. The van der Waals surface area contributed by atoms with Crippen molar-refractivity contribution in [1.82, 2.24) is 10.3 Å². The van der Waals surface area contributed by atoms with Gasteiger partial charge in [-0.05, 0) is 90.5 Å². The summed E-state index contributed by atoms with van der Waals surface area (Å²) in [6.45, 7) is 0.100. The van der Waals surface area contributed by atoms with E-state index in [0.29, 0.717) is 50.4 Å². The van der Waals surface area contributed by atoms with E-state index < -0.39 is 17.1 Å². The van der Waals surface area contributed by atoms with Crippen LogP contribution in [-0.4, -0.2) is 40.7 Å². The molecular weight excluding hydrogens is 681 g/mol. The zero-order chi connectivity index (χ0) is 35.6. The quantitative estimate of drug-likeness (QED) is 0.119. The Morgan fingerprint density at radius 3 is 2.44 bits per heavy atom. The summed E-state index contributed by atoms with van der Waals surface area (Å²) in [7, 11) is 0. The minimum Gasteiger partial charge on any atom is -0.454 e. The fraction of sp³-hybridized carbons (Fsp3) is 0.0750. The third kappa shape index (κ3) is 6.74. The Morgan fingerprint density at radius 1 is 0.827 bits per heavy atom. The third-order valence-corrected chi connectivity index (χ3v) is 9.56. The highest BCUT2D eigenvalue weighted by Gasteiger charge is 2.40. The zero-order valence-corrected chi connectivity index (χ0v) is 28.1. The van der Waals surface area contributed by atoms with Crippen LogP contribution in [-0.2, 0) is 14.4 Å². The molecule has 1 saturated heterocycles. The first kappa shape index (κ1) is 32.5. The van der Waals surface area contributed by atoms with Crippen molar-refractivity contribution in [2.24, 2.45) is 0 Å². The second kappa shape index (κ2) is 13.9. The lowest BCUT2D eigenvalue weighted by atomic mass is 10.1. The summed E-state index contributed by atoms with van der Waals surface area (Å²) in [5.41, 5.74) is 4.02. The lowest BCUT2D eigenvalue weighted by Crippen LogP contribution is -2.31. The van der Waals surface area contributed by atoms with Crippen LogP contribution >= 0.6 is 11.8 Å². The van der Waals surface area contributed by atoms with Gasteiger partial charge in [0.25, 0.3) is 11.8 Å². The largest absolute Gasteiger partial charge is 0.454 e. The molecule has 6 aromatic rings. The van der Waals surface area contributed by atoms with Crippen molar-refractivity contribution < 1.29 is 33.1 Å². The molecular formula is C40H28N4O7S. The van der Waals surface area contributed by atoms with E-state index in [-0.39, 0.29) is 30.7 Å². The molecule has 256 valence electrons. The van der Waals surface area contributed by atoms with Crippen molar-refractivity contribution in [1.29, 1.82) is 0 Å². The van der Waals surface area contributed by atoms with E-state index in [1.807, 2.05) is 24.3 Å². The van der Waals surface area contributed by atoms with Crippen molar-refractivity contribution >= 4 is 63.9 Å². The predicted molar refractivity (Wildman–Crippen MR) is 196 cm³/mol. The first-order chi connectivity index (χ1) is 25.4. The maximum absolute atomic E-state index is 13.7. The molecule has 0 radical (unpaired) electrons. The second-order valence-electron chi connectivity index (χ2n) is 11.9. The molecule has 12 heteroatoms. The maximum Gasteiger partial charge on any atom is 0.272 e. The number of hydrogen-bond acceptors (Lipinski definition) is 9. The number of anilines is 2. The monoisotopic (exact) mass is 708 g/mol. The van der Waals surface area contributed by atoms with Crippen molar-refractivity contribution in [2.45, 2.75) is 16.6 Å². The Morgan fingerprint density at radius 2 is 1.62 bits per heavy atom. The molecule has 1 atom stereocenters. The molecule has 0 aliphatic carbocycles. The van der Waals surface area contributed by atoms with Gasteiger partial charge in [-0.2, -0.15) is 0 Å². The number of oxazole rings is 1. The molecule has 52 heavy (non-hydrogen) atoms. The molecule has 2 aliphatic rings. The van der Waals surface area contributed by atoms with Crippen LogP contribution < -0.4 is 25.0 Å². The lowest BCUT2D eigenvalue weighted by Gasteiger charge is -2.15. The van der Waals surface area contributed by atoms with Gasteiger partial charge in [-0.1, -0.05) is 42.5 Å². The average molecular weight is 709 g/mol. The molecule has 4 amide bonds. The Kier molecular flexibility index (Phi) is 8.71. The van der Waals surface area contributed by atoms with Crippen LogP contribution in [0.1, 0.15) is 22.3 Å². The molecule has 0 unspecified atom stereocenters. The number of carbonyl (C=O) groups is 4. The van der Waals surface area contributed by atoms with Crippen LogP contribution in [0.15, 0.2) is 136 Å². The van der Waals surface area contributed by atoms with Gasteiger partial charge in [0.15, 0.2) is 17.1 Å². The van der Waals surface area contributed by atoms with Crippen LogP contribution in [0.5, 0.6) is 11.5 Å². The number of amides is 4. The number of aromatic nitrogens is 1. The molecule has 1 aromatic heterocycles. The zero-order valence-electron chi connectivity index (χ0n) is 27.3. The van der Waals surface area contributed by atoms with Gasteiger partial charge in [-0.3, -0.25) is 19.2 Å². The first-order valence-electron chi connectivity index (χ1n) is 16.3. The van der Waals surface area contributed by atoms with Gasteiger partial charge in [0.2, 0.25) is 24.5 Å². The normalized spacial score (nSPS) is 15.3. The van der Waals surface area contributed by atoms with Gasteiger partial charge in [0.05, 0.1) is 10.9 Å². The fourth-order valence-electron chi connectivity index (χ4n) is 5.84. The molecule has 0 spiro atoms. The Balaban J connectivity index is 0.967. The smallest absolute Gasteiger partial charge is 0.272 e. The highest BCUT2D eigenvalue weighted by Crippen LogP contribution is 2.36. The number of para-hydroxylation sites is 2. The first-order valence-corrected chi connectivity index (χ1v) is 17.1. The van der Waals surface area contributed by atoms with E-state index in [9.17, 15) is 19.2 Å². The summed E-state index contributed by atoms with van der Waals surface area (Å²) in [6.07, 6.45) is 1.56. The highest BCUT2D eigenvalue weighted by atomic mass is 32.2. The maximum atomic E-state index is 13.7. The SMILES string of the molecule is O=C(Nc1cccc(S[C@@H]2CC(=O)N(c3ccc(-c4nc5ccccc5o4)cc3)C2=O)c1)/C(=C/c1ccc2c(c1)OCO2)NC(=O)c1ccccc1. The highest BCUT2D eigenvalue weighted by molar-refractivity contribution is 8.00. The van der Waals surface area contributed by atoms with E-state index in [1.165, 1.54) is 16.7 Å². The van der Waals surface area contributed by atoms with Crippen LogP contribution in [0.2, 0.25) is 0 Å². The molecule has 2 N–H and O–H groups in total. The predicted octanol–water partition coefficient (Wildman–Crippen LogP) is 7.06. The van der Waals surface area contributed by atoms with Crippen molar-refractivity contribution in [3.63, 3.8) is 0 Å². The van der Waals surface area contributed by atoms with E-state index in [1.54, 1.807) is 103 Å². The van der Waals surface area contributed by atoms with E-state index >= 15 is 0 Å². The van der Waals surface area contributed by atoms with Crippen molar-refractivity contribution in [2.75, 3.05) is 17.0 Å². The van der Waals surface area contributed by atoms with Crippen LogP contribution in [0.3, 0.4) is 0 Å². The van der Waals surface area contributed by atoms with E-state index in [2.05, 4.69) is 15.6 Å². The van der Waals surface area contributed by atoms with Gasteiger partial charge < -0.3 is 24.5 Å². The number of nitrogens with zero attached hydrogens (tertiary/aromatic N) is 2. The number of thioether (sulfide) groups is 1. The van der Waals surface area contributed by atoms with Crippen molar-refractivity contribution in [3.05, 3.63) is 138 Å². The number of rotatable bonds is 9. The summed E-state index contributed by atoms with van der Waals surface area (Å²) in [4.78, 5) is 59.8. The molecule has 11 nitrogen and oxygen atoms in total. The molecule has 5 aromatic carbocycles. The van der Waals surface area contributed by atoms with Gasteiger partial charge >= 0.3 is 0 Å².